The lowest BCUT2D eigenvalue weighted by Gasteiger charge is -2.14. The second kappa shape index (κ2) is 12.0. The Kier molecular flexibility index (Phi) is 8.56. The number of aromatic nitrogens is 3. The number of rotatable bonds is 8. The summed E-state index contributed by atoms with van der Waals surface area (Å²) in [6, 6.07) is 8.51. The van der Waals surface area contributed by atoms with Crippen molar-refractivity contribution < 1.29 is 19.2 Å². The van der Waals surface area contributed by atoms with Crippen molar-refractivity contribution in [3.05, 3.63) is 57.7 Å². The van der Waals surface area contributed by atoms with Crippen LogP contribution in [0.4, 0.5) is 5.00 Å². The molecule has 13 heteroatoms. The van der Waals surface area contributed by atoms with E-state index in [9.17, 15) is 19.2 Å². The van der Waals surface area contributed by atoms with Crippen LogP contribution in [0.2, 0.25) is 0 Å². The molecule has 4 amide bonds. The molecular weight excluding hydrogens is 514 g/mol. The highest BCUT2D eigenvalue weighted by Crippen LogP contribution is 2.39. The Hall–Kier alpha value is -3.71. The largest absolute Gasteiger partial charge is 0.318 e. The van der Waals surface area contributed by atoms with Crippen LogP contribution in [0.5, 0.6) is 0 Å². The quantitative estimate of drug-likeness (QED) is 0.253. The molecule has 1 aliphatic carbocycles. The number of carbonyl (C=O) groups is 4. The van der Waals surface area contributed by atoms with Gasteiger partial charge in [-0.25, -0.2) is 4.68 Å². The van der Waals surface area contributed by atoms with E-state index in [-0.39, 0.29) is 17.6 Å². The predicted octanol–water partition coefficient (Wildman–Crippen LogP) is 2.41. The van der Waals surface area contributed by atoms with Crippen molar-refractivity contribution in [1.82, 2.24) is 25.7 Å². The number of benzene rings is 1. The number of anilines is 1. The Labute approximate surface area is 221 Å². The van der Waals surface area contributed by atoms with Crippen LogP contribution in [-0.4, -0.2) is 44.3 Å². The summed E-state index contributed by atoms with van der Waals surface area (Å²) in [6.45, 7) is 2.85. The first kappa shape index (κ1) is 26.4. The molecule has 0 saturated heterocycles. The third kappa shape index (κ3) is 6.74. The van der Waals surface area contributed by atoms with Gasteiger partial charge in [0.25, 0.3) is 5.91 Å². The van der Waals surface area contributed by atoms with Gasteiger partial charge in [0.1, 0.15) is 0 Å². The average Bonchev–Trinajstić information content (AvgIpc) is 3.41. The highest BCUT2D eigenvalue weighted by molar-refractivity contribution is 7.99. The number of fused-ring (bicyclic) bond motifs is 1. The van der Waals surface area contributed by atoms with Crippen LogP contribution in [0.25, 0.3) is 0 Å². The third-order valence-corrected chi connectivity index (χ3v) is 7.74. The van der Waals surface area contributed by atoms with Crippen LogP contribution in [0.3, 0.4) is 0 Å². The second-order valence-electron chi connectivity index (χ2n) is 8.44. The molecule has 0 aliphatic heterocycles. The van der Waals surface area contributed by atoms with Crippen LogP contribution >= 0.6 is 23.1 Å². The SMILES string of the molecule is CC(=O)Nc1sc2c(c1Cc1nnc(SCC(=O)NNC(=O)c3ccccc3)n1NC(C)=O)CCCC2. The number of nitrogens with one attached hydrogen (secondary N) is 4. The molecule has 2 aromatic heterocycles. The lowest BCUT2D eigenvalue weighted by Crippen LogP contribution is -2.42. The molecule has 0 saturated carbocycles. The topological polar surface area (TPSA) is 147 Å². The molecule has 0 bridgehead atoms. The van der Waals surface area contributed by atoms with Crippen LogP contribution in [-0.2, 0) is 33.6 Å². The summed E-state index contributed by atoms with van der Waals surface area (Å²) in [5, 5.41) is 12.5. The van der Waals surface area contributed by atoms with Gasteiger partial charge in [0.05, 0.1) is 10.8 Å². The normalized spacial score (nSPS) is 12.4. The molecule has 3 aromatic rings. The fourth-order valence-electron chi connectivity index (χ4n) is 3.97. The number of hydrogen-bond donors (Lipinski definition) is 4. The van der Waals surface area contributed by atoms with Crippen LogP contribution in [0, 0.1) is 0 Å². The van der Waals surface area contributed by atoms with Gasteiger partial charge in [-0.2, -0.15) is 0 Å². The van der Waals surface area contributed by atoms with E-state index in [0.29, 0.717) is 23.0 Å². The van der Waals surface area contributed by atoms with Crippen LogP contribution in [0.1, 0.15) is 58.9 Å². The first-order valence-electron chi connectivity index (χ1n) is 11.7. The molecule has 4 N–H and O–H groups in total. The Bertz CT molecular complexity index is 1320. The van der Waals surface area contributed by atoms with Crippen LogP contribution < -0.4 is 21.6 Å². The Balaban J connectivity index is 1.46. The van der Waals surface area contributed by atoms with Gasteiger partial charge < -0.3 is 5.32 Å². The van der Waals surface area contributed by atoms with Crippen molar-refractivity contribution in [2.24, 2.45) is 0 Å². The molecule has 1 aromatic carbocycles. The Morgan fingerprint density at radius 2 is 1.76 bits per heavy atom. The van der Waals surface area contributed by atoms with Crippen molar-refractivity contribution in [2.75, 3.05) is 16.5 Å². The summed E-state index contributed by atoms with van der Waals surface area (Å²) in [7, 11) is 0. The molecule has 11 nitrogen and oxygen atoms in total. The summed E-state index contributed by atoms with van der Waals surface area (Å²) in [5.74, 6) is -0.947. The molecule has 0 atom stereocenters. The molecule has 1 aliphatic rings. The van der Waals surface area contributed by atoms with E-state index in [1.54, 1.807) is 41.7 Å². The fourth-order valence-corrected chi connectivity index (χ4v) is 6.04. The van der Waals surface area contributed by atoms with Gasteiger partial charge in [0.15, 0.2) is 5.82 Å². The van der Waals surface area contributed by atoms with E-state index in [1.807, 2.05) is 0 Å². The van der Waals surface area contributed by atoms with Crippen molar-refractivity contribution in [1.29, 1.82) is 0 Å². The summed E-state index contributed by atoms with van der Waals surface area (Å²) in [6.07, 6.45) is 4.44. The summed E-state index contributed by atoms with van der Waals surface area (Å²) in [5.41, 5.74) is 10.1. The summed E-state index contributed by atoms with van der Waals surface area (Å²) >= 11 is 2.65. The van der Waals surface area contributed by atoms with Gasteiger partial charge in [-0.15, -0.1) is 21.5 Å². The molecule has 0 radical (unpaired) electrons. The highest BCUT2D eigenvalue weighted by atomic mass is 32.2. The van der Waals surface area contributed by atoms with Crippen molar-refractivity contribution >= 4 is 51.7 Å². The van der Waals surface area contributed by atoms with E-state index in [1.165, 1.54) is 29.0 Å². The average molecular weight is 542 g/mol. The first-order valence-corrected chi connectivity index (χ1v) is 13.5. The number of hydrazine groups is 1. The number of aryl methyl sites for hydroxylation is 1. The van der Waals surface area contributed by atoms with Gasteiger partial charge in [0.2, 0.25) is 22.9 Å². The molecule has 194 valence electrons. The number of carbonyl (C=O) groups excluding carboxylic acids is 4. The molecule has 0 fully saturated rings. The summed E-state index contributed by atoms with van der Waals surface area (Å²) in [4.78, 5) is 49.5. The minimum Gasteiger partial charge on any atom is -0.318 e. The number of thioether (sulfide) groups is 1. The van der Waals surface area contributed by atoms with E-state index >= 15 is 0 Å². The zero-order valence-electron chi connectivity index (χ0n) is 20.4. The molecule has 0 unspecified atom stereocenters. The van der Waals surface area contributed by atoms with Gasteiger partial charge in [0, 0.05) is 30.7 Å². The maximum atomic E-state index is 12.3. The molecule has 37 heavy (non-hydrogen) atoms. The molecule has 0 spiro atoms. The number of thiophene rings is 1. The van der Waals surface area contributed by atoms with Crippen molar-refractivity contribution in [3.8, 4) is 0 Å². The standard InChI is InChI=1S/C24H27N7O4S2/c1-14(32)25-23-18(17-10-6-7-11-19(17)37-23)12-20-26-29-24(31(20)30-15(2)33)36-13-21(34)27-28-22(35)16-8-4-3-5-9-16/h3-5,8-9H,6-7,10-13H2,1-2H3,(H,25,32)(H,27,34)(H,28,35)(H,30,33). The van der Waals surface area contributed by atoms with Crippen LogP contribution in [0.15, 0.2) is 35.5 Å². The Morgan fingerprint density at radius 1 is 1.00 bits per heavy atom. The smallest absolute Gasteiger partial charge is 0.269 e. The van der Waals surface area contributed by atoms with E-state index < -0.39 is 11.8 Å². The van der Waals surface area contributed by atoms with E-state index in [2.05, 4.69) is 31.8 Å². The second-order valence-corrected chi connectivity index (χ2v) is 10.5. The lowest BCUT2D eigenvalue weighted by atomic mass is 9.94. The van der Waals surface area contributed by atoms with E-state index in [4.69, 9.17) is 0 Å². The number of nitrogens with zero attached hydrogens (tertiary/aromatic N) is 3. The van der Waals surface area contributed by atoms with E-state index in [0.717, 1.165) is 48.0 Å². The fraction of sp³-hybridized carbons (Fsp3) is 0.333. The number of amides is 4. The van der Waals surface area contributed by atoms with Gasteiger partial charge in [-0.05, 0) is 48.9 Å². The zero-order chi connectivity index (χ0) is 26.4. The maximum Gasteiger partial charge on any atom is 0.269 e. The third-order valence-electron chi connectivity index (χ3n) is 5.56. The minimum atomic E-state index is -0.451. The lowest BCUT2D eigenvalue weighted by molar-refractivity contribution is -0.119. The molecule has 4 rings (SSSR count). The number of hydrogen-bond acceptors (Lipinski definition) is 8. The first-order chi connectivity index (χ1) is 17.8. The van der Waals surface area contributed by atoms with Crippen molar-refractivity contribution in [3.63, 3.8) is 0 Å². The Morgan fingerprint density at radius 3 is 2.49 bits per heavy atom. The zero-order valence-corrected chi connectivity index (χ0v) is 22.1. The van der Waals surface area contributed by atoms with Crippen molar-refractivity contribution in [2.45, 2.75) is 51.1 Å². The maximum absolute atomic E-state index is 12.3. The monoisotopic (exact) mass is 541 g/mol. The minimum absolute atomic E-state index is 0.0716. The molecular formula is C24H27N7O4S2. The molecule has 2 heterocycles. The predicted molar refractivity (Wildman–Crippen MR) is 141 cm³/mol. The highest BCUT2D eigenvalue weighted by Gasteiger charge is 2.24. The van der Waals surface area contributed by atoms with Gasteiger partial charge in [-0.1, -0.05) is 30.0 Å². The van der Waals surface area contributed by atoms with Gasteiger partial charge >= 0.3 is 0 Å². The summed E-state index contributed by atoms with van der Waals surface area (Å²) < 4.78 is 1.47. The van der Waals surface area contributed by atoms with Gasteiger partial charge in [-0.3, -0.25) is 35.5 Å².